The van der Waals surface area contributed by atoms with Crippen LogP contribution in [0.3, 0.4) is 0 Å². The largest absolute Gasteiger partial charge is 0.451 e. The van der Waals surface area contributed by atoms with Crippen molar-refractivity contribution in [3.63, 3.8) is 0 Å². The van der Waals surface area contributed by atoms with E-state index in [2.05, 4.69) is 9.97 Å². The third kappa shape index (κ3) is 2.74. The van der Waals surface area contributed by atoms with Crippen LogP contribution in [-0.2, 0) is 4.74 Å². The van der Waals surface area contributed by atoms with Crippen LogP contribution >= 0.6 is 0 Å². The van der Waals surface area contributed by atoms with Crippen LogP contribution in [-0.4, -0.2) is 27.8 Å². The molecule has 0 bridgehead atoms. The van der Waals surface area contributed by atoms with Gasteiger partial charge in [-0.3, -0.25) is 9.59 Å². The second-order valence-corrected chi connectivity index (χ2v) is 5.50. The number of esters is 1. The van der Waals surface area contributed by atoms with Gasteiger partial charge in [0, 0.05) is 28.4 Å². The fourth-order valence-corrected chi connectivity index (χ4v) is 2.66. The first kappa shape index (κ1) is 15.7. The summed E-state index contributed by atoms with van der Waals surface area (Å²) in [6.45, 7) is 3.29. The van der Waals surface area contributed by atoms with Gasteiger partial charge < -0.3 is 14.7 Å². The first-order valence-electron chi connectivity index (χ1n) is 7.49. The minimum absolute atomic E-state index is 0.132. The lowest BCUT2D eigenvalue weighted by atomic mass is 10.0. The zero-order valence-electron chi connectivity index (χ0n) is 13.3. The molecule has 0 amide bonds. The Balaban J connectivity index is 1.87. The number of benzene rings is 1. The molecule has 0 unspecified atom stereocenters. The van der Waals surface area contributed by atoms with Gasteiger partial charge in [-0.1, -0.05) is 18.2 Å². The van der Waals surface area contributed by atoms with Crippen LogP contribution in [0.25, 0.3) is 10.9 Å². The smallest absolute Gasteiger partial charge is 0.344 e. The molecule has 24 heavy (non-hydrogen) atoms. The summed E-state index contributed by atoms with van der Waals surface area (Å²) in [5, 5.41) is 0.778. The van der Waals surface area contributed by atoms with Crippen LogP contribution in [0.1, 0.15) is 33.3 Å². The van der Waals surface area contributed by atoms with E-state index in [1.807, 2.05) is 24.3 Å². The average molecular weight is 324 g/mol. The number of ether oxygens (including phenoxy) is 1. The fourth-order valence-electron chi connectivity index (χ4n) is 2.66. The molecule has 2 N–H and O–H groups in total. The Morgan fingerprint density at radius 1 is 1.12 bits per heavy atom. The number of hydrogen-bond acceptors (Lipinski definition) is 4. The Kier molecular flexibility index (Phi) is 4.04. The molecule has 3 rings (SSSR count). The molecule has 0 radical (unpaired) electrons. The number of nitrogens with one attached hydrogen (secondary N) is 2. The Hall–Kier alpha value is -3.15. The number of hydrogen-bond donors (Lipinski definition) is 2. The van der Waals surface area contributed by atoms with Gasteiger partial charge in [0.1, 0.15) is 5.56 Å². The van der Waals surface area contributed by atoms with E-state index in [9.17, 15) is 14.4 Å². The van der Waals surface area contributed by atoms with Crippen molar-refractivity contribution in [3.8, 4) is 0 Å². The van der Waals surface area contributed by atoms with Gasteiger partial charge in [0.05, 0.1) is 0 Å². The molecule has 6 nitrogen and oxygen atoms in total. The predicted molar refractivity (Wildman–Crippen MR) is 89.3 cm³/mol. The van der Waals surface area contributed by atoms with Crippen molar-refractivity contribution >= 4 is 22.7 Å². The molecule has 0 fully saturated rings. The maximum atomic E-state index is 12.7. The van der Waals surface area contributed by atoms with Crippen molar-refractivity contribution < 1.29 is 14.3 Å². The Morgan fingerprint density at radius 3 is 2.62 bits per heavy atom. The van der Waals surface area contributed by atoms with Crippen LogP contribution in [0, 0.1) is 6.92 Å². The predicted octanol–water partition coefficient (Wildman–Crippen LogP) is 2.59. The SMILES string of the molecule is Cc1[nH]c2ccccc2c1C(=O)[C@H](C)OC(=O)c1ccc[nH]c1=O. The number of aromatic nitrogens is 2. The van der Waals surface area contributed by atoms with Gasteiger partial charge in [0.2, 0.25) is 5.78 Å². The van der Waals surface area contributed by atoms with Gasteiger partial charge in [-0.2, -0.15) is 0 Å². The third-order valence-electron chi connectivity index (χ3n) is 3.83. The first-order chi connectivity index (χ1) is 11.5. The summed E-state index contributed by atoms with van der Waals surface area (Å²) in [5.41, 5.74) is 1.36. The second-order valence-electron chi connectivity index (χ2n) is 5.50. The van der Waals surface area contributed by atoms with Gasteiger partial charge in [-0.05, 0) is 32.0 Å². The summed E-state index contributed by atoms with van der Waals surface area (Å²) in [6, 6.07) is 10.3. The average Bonchev–Trinajstić information content (AvgIpc) is 2.90. The van der Waals surface area contributed by atoms with Crippen molar-refractivity contribution in [3.05, 3.63) is 69.8 Å². The fraction of sp³-hybridized carbons (Fsp3) is 0.167. The molecule has 1 atom stereocenters. The lowest BCUT2D eigenvalue weighted by Gasteiger charge is -2.12. The molecule has 6 heteroatoms. The minimum atomic E-state index is -1.00. The number of aromatic amines is 2. The topological polar surface area (TPSA) is 92.0 Å². The highest BCUT2D eigenvalue weighted by atomic mass is 16.5. The maximum absolute atomic E-state index is 12.7. The Bertz CT molecular complexity index is 984. The van der Waals surface area contributed by atoms with Crippen LogP contribution in [0.5, 0.6) is 0 Å². The van der Waals surface area contributed by atoms with E-state index in [4.69, 9.17) is 4.74 Å². The lowest BCUT2D eigenvalue weighted by Crippen LogP contribution is -2.28. The number of rotatable bonds is 4. The molecule has 3 aromatic rings. The van der Waals surface area contributed by atoms with E-state index < -0.39 is 17.6 Å². The molecule has 0 saturated carbocycles. The molecule has 0 spiro atoms. The van der Waals surface area contributed by atoms with Gasteiger partial charge in [0.15, 0.2) is 6.10 Å². The summed E-state index contributed by atoms with van der Waals surface area (Å²) < 4.78 is 5.18. The van der Waals surface area contributed by atoms with Crippen LogP contribution in [0.4, 0.5) is 0 Å². The summed E-state index contributed by atoms with van der Waals surface area (Å²) in [6.07, 6.45) is 0.415. The van der Waals surface area contributed by atoms with Crippen molar-refractivity contribution in [2.75, 3.05) is 0 Å². The molecule has 122 valence electrons. The quantitative estimate of drug-likeness (QED) is 0.570. The van der Waals surface area contributed by atoms with E-state index in [1.54, 1.807) is 6.92 Å². The van der Waals surface area contributed by atoms with Gasteiger partial charge in [-0.25, -0.2) is 4.79 Å². The maximum Gasteiger partial charge on any atom is 0.344 e. The Morgan fingerprint density at radius 2 is 1.88 bits per heavy atom. The lowest BCUT2D eigenvalue weighted by molar-refractivity contribution is 0.0317. The summed E-state index contributed by atoms with van der Waals surface area (Å²) in [4.78, 5) is 42.0. The highest BCUT2D eigenvalue weighted by Gasteiger charge is 2.25. The summed E-state index contributed by atoms with van der Waals surface area (Å²) >= 11 is 0. The Labute approximate surface area is 137 Å². The van der Waals surface area contributed by atoms with Crippen molar-refractivity contribution in [1.82, 2.24) is 9.97 Å². The van der Waals surface area contributed by atoms with Crippen molar-refractivity contribution in [2.45, 2.75) is 20.0 Å². The number of fused-ring (bicyclic) bond motifs is 1. The highest BCUT2D eigenvalue weighted by molar-refractivity contribution is 6.11. The normalized spacial score (nSPS) is 12.1. The second kappa shape index (κ2) is 6.16. The zero-order valence-corrected chi connectivity index (χ0v) is 13.3. The molecule has 0 saturated heterocycles. The zero-order chi connectivity index (χ0) is 17.3. The molecule has 0 aliphatic heterocycles. The van der Waals surface area contributed by atoms with Gasteiger partial charge >= 0.3 is 5.97 Å². The van der Waals surface area contributed by atoms with Crippen LogP contribution < -0.4 is 5.56 Å². The van der Waals surface area contributed by atoms with Crippen LogP contribution in [0.15, 0.2) is 47.4 Å². The standard InChI is InChI=1S/C18H16N2O4/c1-10-15(12-6-3-4-8-14(12)20-10)16(21)11(2)24-18(23)13-7-5-9-19-17(13)22/h3-9,11,20H,1-2H3,(H,19,22)/t11-/m0/s1. The number of H-pyrrole nitrogens is 2. The number of aryl methyl sites for hydroxylation is 1. The minimum Gasteiger partial charge on any atom is -0.451 e. The van der Waals surface area contributed by atoms with Crippen molar-refractivity contribution in [1.29, 1.82) is 0 Å². The number of Topliss-reactive ketones (excluding diaryl/α,β-unsaturated/α-hetero) is 1. The van der Waals surface area contributed by atoms with E-state index in [0.717, 1.165) is 10.9 Å². The van der Waals surface area contributed by atoms with Gasteiger partial charge in [-0.15, -0.1) is 0 Å². The molecule has 2 aromatic heterocycles. The number of pyridine rings is 1. The first-order valence-corrected chi connectivity index (χ1v) is 7.49. The number of ketones is 1. The number of para-hydroxylation sites is 1. The third-order valence-corrected chi connectivity index (χ3v) is 3.83. The van der Waals surface area contributed by atoms with E-state index in [0.29, 0.717) is 11.3 Å². The molecule has 0 aliphatic carbocycles. The number of carbonyl (C=O) groups excluding carboxylic acids is 2. The van der Waals surface area contributed by atoms with E-state index >= 15 is 0 Å². The monoisotopic (exact) mass is 324 g/mol. The molecule has 2 heterocycles. The van der Waals surface area contributed by atoms with E-state index in [1.165, 1.54) is 25.3 Å². The van der Waals surface area contributed by atoms with Crippen LogP contribution in [0.2, 0.25) is 0 Å². The highest BCUT2D eigenvalue weighted by Crippen LogP contribution is 2.24. The number of carbonyl (C=O) groups is 2. The molecule has 1 aromatic carbocycles. The molecule has 0 aliphatic rings. The summed E-state index contributed by atoms with van der Waals surface area (Å²) in [5.74, 6) is -1.14. The van der Waals surface area contributed by atoms with Gasteiger partial charge in [0.25, 0.3) is 5.56 Å². The summed E-state index contributed by atoms with van der Waals surface area (Å²) in [7, 11) is 0. The molecular formula is C18H16N2O4. The van der Waals surface area contributed by atoms with Crippen molar-refractivity contribution in [2.24, 2.45) is 0 Å². The molecular weight excluding hydrogens is 308 g/mol. The van der Waals surface area contributed by atoms with E-state index in [-0.39, 0.29) is 11.3 Å².